The number of benzene rings is 1. The summed E-state index contributed by atoms with van der Waals surface area (Å²) in [5.74, 6) is -0.139. The van der Waals surface area contributed by atoms with Crippen molar-refractivity contribution in [1.29, 1.82) is 0 Å². The van der Waals surface area contributed by atoms with Gasteiger partial charge in [0, 0.05) is 17.6 Å². The molecule has 2 nitrogen and oxygen atoms in total. The number of hydrogen-bond donors (Lipinski definition) is 0. The zero-order chi connectivity index (χ0) is 13.0. The maximum atomic E-state index is 13.8. The summed E-state index contributed by atoms with van der Waals surface area (Å²) in [7, 11) is 0. The second-order valence-corrected chi connectivity index (χ2v) is 6.19. The molecule has 1 heterocycles. The van der Waals surface area contributed by atoms with E-state index in [9.17, 15) is 4.39 Å². The fraction of sp³-hybridized carbons (Fsp3) is 0.538. The topological polar surface area (TPSA) is 12.5 Å². The van der Waals surface area contributed by atoms with Gasteiger partial charge < -0.3 is 4.74 Å². The summed E-state index contributed by atoms with van der Waals surface area (Å²) in [6.07, 6.45) is 1.74. The van der Waals surface area contributed by atoms with E-state index in [1.54, 1.807) is 6.07 Å². The van der Waals surface area contributed by atoms with Gasteiger partial charge in [-0.25, -0.2) is 4.39 Å². The second kappa shape index (κ2) is 6.98. The fourth-order valence-corrected chi connectivity index (χ4v) is 3.42. The van der Waals surface area contributed by atoms with Crippen molar-refractivity contribution in [1.82, 2.24) is 4.90 Å². The quantitative estimate of drug-likeness (QED) is 0.739. The van der Waals surface area contributed by atoms with E-state index < -0.39 is 0 Å². The molecule has 100 valence electrons. The van der Waals surface area contributed by atoms with Gasteiger partial charge in [-0.2, -0.15) is 0 Å². The predicted molar refractivity (Wildman–Crippen MR) is 77.4 cm³/mol. The zero-order valence-corrected chi connectivity index (χ0v) is 13.3. The van der Waals surface area contributed by atoms with Gasteiger partial charge in [-0.3, -0.25) is 4.90 Å². The first-order valence-electron chi connectivity index (χ1n) is 6.10. The maximum absolute atomic E-state index is 13.8. The van der Waals surface area contributed by atoms with E-state index in [-0.39, 0.29) is 5.82 Å². The largest absolute Gasteiger partial charge is 0.379 e. The van der Waals surface area contributed by atoms with Crippen LogP contribution in [0.15, 0.2) is 21.1 Å². The average Bonchev–Trinajstić information content (AvgIpc) is 2.36. The summed E-state index contributed by atoms with van der Waals surface area (Å²) < 4.78 is 20.6. The van der Waals surface area contributed by atoms with E-state index in [1.807, 2.05) is 6.07 Å². The van der Waals surface area contributed by atoms with Crippen molar-refractivity contribution in [2.75, 3.05) is 32.8 Å². The lowest BCUT2D eigenvalue weighted by Gasteiger charge is -2.26. The Morgan fingerprint density at radius 3 is 2.67 bits per heavy atom. The monoisotopic (exact) mass is 379 g/mol. The molecule has 0 saturated carbocycles. The van der Waals surface area contributed by atoms with Crippen molar-refractivity contribution in [3.63, 3.8) is 0 Å². The molecule has 1 saturated heterocycles. The Kier molecular flexibility index (Phi) is 5.60. The first-order chi connectivity index (χ1) is 8.66. The minimum atomic E-state index is -0.139. The maximum Gasteiger partial charge on any atom is 0.140 e. The van der Waals surface area contributed by atoms with Crippen molar-refractivity contribution in [3.05, 3.63) is 32.5 Å². The highest BCUT2D eigenvalue weighted by Crippen LogP contribution is 2.25. The van der Waals surface area contributed by atoms with Crippen LogP contribution in [0.4, 0.5) is 4.39 Å². The lowest BCUT2D eigenvalue weighted by molar-refractivity contribution is 0.0374. The summed E-state index contributed by atoms with van der Waals surface area (Å²) in [5, 5.41) is 0. The molecule has 1 aliphatic rings. The molecular formula is C13H16Br2FNO. The Balaban J connectivity index is 1.86. The number of ether oxygens (including phenoxy) is 1. The first-order valence-corrected chi connectivity index (χ1v) is 7.69. The van der Waals surface area contributed by atoms with Crippen LogP contribution >= 0.6 is 31.9 Å². The molecule has 1 fully saturated rings. The van der Waals surface area contributed by atoms with E-state index in [1.165, 1.54) is 0 Å². The molecule has 0 spiro atoms. The molecule has 1 aromatic carbocycles. The van der Waals surface area contributed by atoms with Gasteiger partial charge >= 0.3 is 0 Å². The summed E-state index contributed by atoms with van der Waals surface area (Å²) in [5.41, 5.74) is 0.768. The number of morpholine rings is 1. The molecule has 18 heavy (non-hydrogen) atoms. The summed E-state index contributed by atoms with van der Waals surface area (Å²) in [6.45, 7) is 4.62. The van der Waals surface area contributed by atoms with Gasteiger partial charge in [-0.1, -0.05) is 15.9 Å². The Morgan fingerprint density at radius 1 is 1.22 bits per heavy atom. The Hall–Kier alpha value is 0.0300. The predicted octanol–water partition coefficient (Wildman–Crippen LogP) is 3.62. The third-order valence-electron chi connectivity index (χ3n) is 3.09. The Bertz CT molecular complexity index is 408. The van der Waals surface area contributed by atoms with Gasteiger partial charge in [0.05, 0.1) is 17.7 Å². The third kappa shape index (κ3) is 4.02. The van der Waals surface area contributed by atoms with Gasteiger partial charge in [0.2, 0.25) is 0 Å². The number of hydrogen-bond acceptors (Lipinski definition) is 2. The third-order valence-corrected chi connectivity index (χ3v) is 4.13. The smallest absolute Gasteiger partial charge is 0.140 e. The molecular weight excluding hydrogens is 365 g/mol. The number of aryl methyl sites for hydroxylation is 1. The van der Waals surface area contributed by atoms with Crippen LogP contribution in [-0.4, -0.2) is 37.7 Å². The van der Waals surface area contributed by atoms with E-state index in [0.29, 0.717) is 4.47 Å². The van der Waals surface area contributed by atoms with Crippen LogP contribution in [0.3, 0.4) is 0 Å². The van der Waals surface area contributed by atoms with Crippen LogP contribution in [0.1, 0.15) is 12.0 Å². The summed E-state index contributed by atoms with van der Waals surface area (Å²) in [4.78, 5) is 2.37. The van der Waals surface area contributed by atoms with Gasteiger partial charge in [-0.15, -0.1) is 0 Å². The van der Waals surface area contributed by atoms with Crippen LogP contribution < -0.4 is 0 Å². The first kappa shape index (κ1) is 14.4. The fourth-order valence-electron chi connectivity index (χ4n) is 2.11. The number of rotatable bonds is 4. The number of nitrogens with zero attached hydrogens (tertiary/aromatic N) is 1. The van der Waals surface area contributed by atoms with Crippen LogP contribution in [0.2, 0.25) is 0 Å². The minimum absolute atomic E-state index is 0.139. The lowest BCUT2D eigenvalue weighted by Crippen LogP contribution is -2.36. The molecule has 5 heteroatoms. The van der Waals surface area contributed by atoms with Crippen molar-refractivity contribution in [3.8, 4) is 0 Å². The zero-order valence-electron chi connectivity index (χ0n) is 10.1. The SMILES string of the molecule is Fc1c(Br)cc(Br)cc1CCCN1CCOCC1. The highest BCUT2D eigenvalue weighted by molar-refractivity contribution is 9.11. The molecule has 0 aromatic heterocycles. The van der Waals surface area contributed by atoms with Crippen molar-refractivity contribution in [2.45, 2.75) is 12.8 Å². The van der Waals surface area contributed by atoms with Crippen molar-refractivity contribution in [2.24, 2.45) is 0 Å². The molecule has 1 aliphatic heterocycles. The molecule has 0 radical (unpaired) electrons. The molecule has 2 rings (SSSR count). The van der Waals surface area contributed by atoms with Crippen molar-refractivity contribution >= 4 is 31.9 Å². The molecule has 0 aliphatic carbocycles. The molecule has 0 bridgehead atoms. The van der Waals surface area contributed by atoms with Crippen LogP contribution in [0.5, 0.6) is 0 Å². The van der Waals surface area contributed by atoms with E-state index in [4.69, 9.17) is 4.74 Å². The van der Waals surface area contributed by atoms with Gasteiger partial charge in [0.15, 0.2) is 0 Å². The molecule has 1 aromatic rings. The molecule has 0 atom stereocenters. The van der Waals surface area contributed by atoms with Gasteiger partial charge in [0.25, 0.3) is 0 Å². The molecule has 0 amide bonds. The number of halogens is 3. The lowest BCUT2D eigenvalue weighted by atomic mass is 10.1. The molecule has 0 unspecified atom stereocenters. The Morgan fingerprint density at radius 2 is 1.94 bits per heavy atom. The average molecular weight is 381 g/mol. The van der Waals surface area contributed by atoms with E-state index in [0.717, 1.165) is 55.7 Å². The minimum Gasteiger partial charge on any atom is -0.379 e. The standard InChI is InChI=1S/C13H16Br2FNO/c14-11-8-10(13(16)12(15)9-11)2-1-3-17-4-6-18-7-5-17/h8-9H,1-7H2. The van der Waals surface area contributed by atoms with Gasteiger partial charge in [-0.05, 0) is 53.0 Å². The summed E-state index contributed by atoms with van der Waals surface area (Å²) >= 11 is 6.63. The Labute approximate surface area is 124 Å². The van der Waals surface area contributed by atoms with Crippen LogP contribution in [-0.2, 0) is 11.2 Å². The summed E-state index contributed by atoms with van der Waals surface area (Å²) in [6, 6.07) is 3.60. The highest BCUT2D eigenvalue weighted by atomic mass is 79.9. The van der Waals surface area contributed by atoms with E-state index in [2.05, 4.69) is 36.8 Å². The van der Waals surface area contributed by atoms with Crippen LogP contribution in [0.25, 0.3) is 0 Å². The van der Waals surface area contributed by atoms with Crippen LogP contribution in [0, 0.1) is 5.82 Å². The molecule has 0 N–H and O–H groups in total. The highest BCUT2D eigenvalue weighted by Gasteiger charge is 2.11. The second-order valence-electron chi connectivity index (χ2n) is 4.42. The van der Waals surface area contributed by atoms with E-state index >= 15 is 0 Å². The normalized spacial score (nSPS) is 17.1. The van der Waals surface area contributed by atoms with Gasteiger partial charge in [0.1, 0.15) is 5.82 Å². The van der Waals surface area contributed by atoms with Crippen molar-refractivity contribution < 1.29 is 9.13 Å².